The van der Waals surface area contributed by atoms with Crippen LogP contribution in [0.3, 0.4) is 0 Å². The highest BCUT2D eigenvalue weighted by molar-refractivity contribution is 6.10. The third kappa shape index (κ3) is 5.91. The molecule has 1 heterocycles. The van der Waals surface area contributed by atoms with Gasteiger partial charge in [-0.3, -0.25) is 0 Å². The van der Waals surface area contributed by atoms with Gasteiger partial charge in [0.15, 0.2) is 0 Å². The van der Waals surface area contributed by atoms with Crippen LogP contribution in [0, 0.1) is 0 Å². The van der Waals surface area contributed by atoms with Crippen molar-refractivity contribution in [2.24, 2.45) is 0 Å². The van der Waals surface area contributed by atoms with E-state index in [1.54, 1.807) is 0 Å². The molecule has 0 bridgehead atoms. The SMILES string of the molecule is c1ccc(-c2ccc(N(c3ccc4c(ccc5ccccc54)c3)c3cccc(-c4ccc5c(c4)oc4ccccc45)c3-c3cccc(-c4ccccc4)c3)cc2)cc1. The summed E-state index contributed by atoms with van der Waals surface area (Å²) in [6, 6.07) is 80.9. The van der Waals surface area contributed by atoms with Gasteiger partial charge in [-0.25, -0.2) is 0 Å². The second kappa shape index (κ2) is 14.1. The van der Waals surface area contributed by atoms with Gasteiger partial charge in [-0.05, 0) is 115 Å². The molecule has 1 aromatic heterocycles. The smallest absolute Gasteiger partial charge is 0.136 e. The first kappa shape index (κ1) is 33.6. The number of benzene rings is 10. The number of hydrogen-bond acceptors (Lipinski definition) is 2. The molecule has 0 spiro atoms. The fraction of sp³-hybridized carbons (Fsp3) is 0. The highest BCUT2D eigenvalue weighted by atomic mass is 16.3. The fourth-order valence-corrected chi connectivity index (χ4v) is 8.65. The van der Waals surface area contributed by atoms with Gasteiger partial charge in [-0.15, -0.1) is 0 Å². The Hall–Kier alpha value is -7.68. The Bertz CT molecular complexity index is 3270. The molecule has 2 heteroatoms. The fourth-order valence-electron chi connectivity index (χ4n) is 8.65. The van der Waals surface area contributed by atoms with Crippen molar-refractivity contribution in [1.29, 1.82) is 0 Å². The molecule has 0 fully saturated rings. The number of anilines is 3. The highest BCUT2D eigenvalue weighted by Gasteiger charge is 2.22. The molecule has 272 valence electrons. The lowest BCUT2D eigenvalue weighted by Gasteiger charge is -2.30. The molecular weight excluding hydrogens is 703 g/mol. The van der Waals surface area contributed by atoms with Crippen LogP contribution >= 0.6 is 0 Å². The van der Waals surface area contributed by atoms with E-state index in [2.05, 4.69) is 217 Å². The maximum atomic E-state index is 6.46. The zero-order valence-corrected chi connectivity index (χ0v) is 31.7. The molecule has 0 unspecified atom stereocenters. The normalized spacial score (nSPS) is 11.4. The van der Waals surface area contributed by atoms with Gasteiger partial charge in [-0.1, -0.05) is 170 Å². The first-order chi connectivity index (χ1) is 28.7. The number of rotatable bonds is 7. The predicted octanol–water partition coefficient (Wildman–Crippen LogP) is 16.0. The van der Waals surface area contributed by atoms with E-state index in [1.165, 1.54) is 43.8 Å². The molecule has 0 aliphatic heterocycles. The maximum absolute atomic E-state index is 6.46. The molecule has 0 aliphatic rings. The van der Waals surface area contributed by atoms with Crippen molar-refractivity contribution < 1.29 is 4.42 Å². The summed E-state index contributed by atoms with van der Waals surface area (Å²) in [5.41, 5.74) is 14.2. The van der Waals surface area contributed by atoms with Crippen molar-refractivity contribution in [1.82, 2.24) is 0 Å². The number of fused-ring (bicyclic) bond motifs is 6. The Kier molecular flexibility index (Phi) is 8.19. The lowest BCUT2D eigenvalue weighted by Crippen LogP contribution is -2.12. The molecule has 0 saturated heterocycles. The van der Waals surface area contributed by atoms with Crippen LogP contribution in [0.25, 0.3) is 88.0 Å². The number of nitrogens with zero attached hydrogens (tertiary/aromatic N) is 1. The Morgan fingerprint density at radius 3 is 1.69 bits per heavy atom. The molecule has 0 radical (unpaired) electrons. The quantitative estimate of drug-likeness (QED) is 0.151. The minimum Gasteiger partial charge on any atom is -0.456 e. The number of furan rings is 1. The molecule has 0 saturated carbocycles. The number of hydrogen-bond donors (Lipinski definition) is 0. The molecule has 0 atom stereocenters. The van der Waals surface area contributed by atoms with Crippen LogP contribution in [-0.2, 0) is 0 Å². The summed E-state index contributed by atoms with van der Waals surface area (Å²) in [7, 11) is 0. The molecule has 0 aliphatic carbocycles. The summed E-state index contributed by atoms with van der Waals surface area (Å²) in [5, 5.41) is 7.18. The summed E-state index contributed by atoms with van der Waals surface area (Å²) in [6.07, 6.45) is 0. The van der Waals surface area contributed by atoms with Crippen LogP contribution in [0.2, 0.25) is 0 Å². The highest BCUT2D eigenvalue weighted by Crippen LogP contribution is 2.47. The largest absolute Gasteiger partial charge is 0.456 e. The summed E-state index contributed by atoms with van der Waals surface area (Å²) in [6.45, 7) is 0. The van der Waals surface area contributed by atoms with Gasteiger partial charge in [0.25, 0.3) is 0 Å². The number of para-hydroxylation sites is 1. The summed E-state index contributed by atoms with van der Waals surface area (Å²) < 4.78 is 6.46. The van der Waals surface area contributed by atoms with E-state index in [9.17, 15) is 0 Å². The van der Waals surface area contributed by atoms with Crippen LogP contribution in [0.15, 0.2) is 229 Å². The first-order valence-electron chi connectivity index (χ1n) is 19.8. The molecule has 10 aromatic carbocycles. The van der Waals surface area contributed by atoms with Gasteiger partial charge in [0.2, 0.25) is 0 Å². The maximum Gasteiger partial charge on any atom is 0.136 e. The average molecular weight is 740 g/mol. The van der Waals surface area contributed by atoms with E-state index in [1.807, 2.05) is 12.1 Å². The van der Waals surface area contributed by atoms with E-state index < -0.39 is 0 Å². The standard InChI is InChI=1S/C56H37NO/c1-3-13-38(14-4-1)40-27-30-46(31-28-40)57(47-32-34-49-43(36-47)26-25-41-17-7-8-20-48(41)49)53-23-12-22-50(44-29-33-52-51-21-9-10-24-54(51)58-55(52)37-44)56(53)45-19-11-18-42(35-45)39-15-5-2-6-16-39/h1-37H. The summed E-state index contributed by atoms with van der Waals surface area (Å²) in [5.74, 6) is 0. The topological polar surface area (TPSA) is 16.4 Å². The van der Waals surface area contributed by atoms with Crippen LogP contribution in [0.1, 0.15) is 0 Å². The lowest BCUT2D eigenvalue weighted by molar-refractivity contribution is 0.669. The van der Waals surface area contributed by atoms with Crippen molar-refractivity contribution in [3.8, 4) is 44.5 Å². The van der Waals surface area contributed by atoms with Crippen molar-refractivity contribution in [2.45, 2.75) is 0 Å². The Morgan fingerprint density at radius 2 is 0.862 bits per heavy atom. The Balaban J connectivity index is 1.17. The van der Waals surface area contributed by atoms with Crippen molar-refractivity contribution in [2.75, 3.05) is 4.90 Å². The minimum atomic E-state index is 0.878. The lowest BCUT2D eigenvalue weighted by atomic mass is 9.90. The average Bonchev–Trinajstić information content (AvgIpc) is 3.68. The molecule has 0 N–H and O–H groups in total. The Morgan fingerprint density at radius 1 is 0.293 bits per heavy atom. The van der Waals surface area contributed by atoms with Crippen molar-refractivity contribution >= 4 is 60.5 Å². The predicted molar refractivity (Wildman–Crippen MR) is 245 cm³/mol. The van der Waals surface area contributed by atoms with Gasteiger partial charge in [0.1, 0.15) is 11.2 Å². The van der Waals surface area contributed by atoms with Crippen LogP contribution in [-0.4, -0.2) is 0 Å². The second-order valence-electron chi connectivity index (χ2n) is 14.9. The molecular formula is C56H37NO. The van der Waals surface area contributed by atoms with E-state index >= 15 is 0 Å². The first-order valence-corrected chi connectivity index (χ1v) is 19.8. The van der Waals surface area contributed by atoms with E-state index in [0.29, 0.717) is 0 Å². The van der Waals surface area contributed by atoms with Gasteiger partial charge in [0.05, 0.1) is 5.69 Å². The van der Waals surface area contributed by atoms with Gasteiger partial charge in [0, 0.05) is 27.7 Å². The van der Waals surface area contributed by atoms with Crippen LogP contribution in [0.5, 0.6) is 0 Å². The van der Waals surface area contributed by atoms with Gasteiger partial charge in [-0.2, -0.15) is 0 Å². The molecule has 11 aromatic rings. The zero-order chi connectivity index (χ0) is 38.4. The van der Waals surface area contributed by atoms with E-state index in [4.69, 9.17) is 4.42 Å². The van der Waals surface area contributed by atoms with Crippen molar-refractivity contribution in [3.63, 3.8) is 0 Å². The van der Waals surface area contributed by atoms with Crippen LogP contribution < -0.4 is 4.90 Å². The van der Waals surface area contributed by atoms with Gasteiger partial charge < -0.3 is 9.32 Å². The summed E-state index contributed by atoms with van der Waals surface area (Å²) >= 11 is 0. The molecule has 58 heavy (non-hydrogen) atoms. The molecule has 2 nitrogen and oxygen atoms in total. The van der Waals surface area contributed by atoms with E-state index in [-0.39, 0.29) is 0 Å². The molecule has 11 rings (SSSR count). The second-order valence-corrected chi connectivity index (χ2v) is 14.9. The monoisotopic (exact) mass is 739 g/mol. The van der Waals surface area contributed by atoms with Gasteiger partial charge >= 0.3 is 0 Å². The zero-order valence-electron chi connectivity index (χ0n) is 31.7. The minimum absolute atomic E-state index is 0.878. The van der Waals surface area contributed by atoms with Crippen LogP contribution in [0.4, 0.5) is 17.1 Å². The third-order valence-electron chi connectivity index (χ3n) is 11.5. The van der Waals surface area contributed by atoms with E-state index in [0.717, 1.165) is 61.3 Å². The Labute approximate surface area is 337 Å². The summed E-state index contributed by atoms with van der Waals surface area (Å²) in [4.78, 5) is 2.43. The third-order valence-corrected chi connectivity index (χ3v) is 11.5. The van der Waals surface area contributed by atoms with Crippen molar-refractivity contribution in [3.05, 3.63) is 224 Å². The molecule has 0 amide bonds.